The average Bonchev–Trinajstić information content (AvgIpc) is 2.15. The number of nitro groups is 1. The quantitative estimate of drug-likeness (QED) is 0.576. The Morgan fingerprint density at radius 2 is 1.81 bits per heavy atom. The van der Waals surface area contributed by atoms with E-state index in [-0.39, 0.29) is 5.92 Å². The van der Waals surface area contributed by atoms with Crippen LogP contribution in [0.2, 0.25) is 0 Å². The first-order valence-electron chi connectivity index (χ1n) is 4.58. The third kappa shape index (κ3) is 2.71. The smallest absolute Gasteiger partial charge is 0.258 e. The lowest BCUT2D eigenvalue weighted by molar-refractivity contribution is -0.385. The number of nitro benzene ring substituents is 1. The van der Waals surface area contributed by atoms with Crippen LogP contribution in [-0.4, -0.2) is 4.92 Å². The van der Waals surface area contributed by atoms with Gasteiger partial charge in [0.1, 0.15) is 0 Å². The lowest BCUT2D eigenvalue weighted by Gasteiger charge is -2.10. The maximum Gasteiger partial charge on any atom is 0.416 e. The fourth-order valence-electron chi connectivity index (χ4n) is 1.24. The van der Waals surface area contributed by atoms with Gasteiger partial charge >= 0.3 is 6.18 Å². The molecule has 3 nitrogen and oxygen atoms in total. The SMILES string of the molecule is CC(C)c1cc([N+](=O)[O-])cc(C(F)(F)F)c1. The molecule has 88 valence electrons. The second-order valence-corrected chi connectivity index (χ2v) is 3.72. The molecule has 0 fully saturated rings. The van der Waals surface area contributed by atoms with Gasteiger partial charge in [-0.1, -0.05) is 13.8 Å². The molecule has 1 aromatic carbocycles. The van der Waals surface area contributed by atoms with Crippen molar-refractivity contribution >= 4 is 5.69 Å². The summed E-state index contributed by atoms with van der Waals surface area (Å²) >= 11 is 0. The molecule has 0 aliphatic rings. The minimum absolute atomic E-state index is 0.194. The number of benzene rings is 1. The first-order valence-corrected chi connectivity index (χ1v) is 4.58. The van der Waals surface area contributed by atoms with Crippen LogP contribution in [0.15, 0.2) is 18.2 Å². The summed E-state index contributed by atoms with van der Waals surface area (Å²) in [6.45, 7) is 3.36. The topological polar surface area (TPSA) is 43.1 Å². The molecule has 0 aliphatic heterocycles. The van der Waals surface area contributed by atoms with Gasteiger partial charge in [0.2, 0.25) is 0 Å². The summed E-state index contributed by atoms with van der Waals surface area (Å²) in [5.41, 5.74) is -1.20. The van der Waals surface area contributed by atoms with Crippen LogP contribution in [0.25, 0.3) is 0 Å². The summed E-state index contributed by atoms with van der Waals surface area (Å²) in [4.78, 5) is 9.67. The maximum absolute atomic E-state index is 12.5. The minimum atomic E-state index is -4.56. The van der Waals surface area contributed by atoms with Gasteiger partial charge < -0.3 is 0 Å². The van der Waals surface area contributed by atoms with Crippen molar-refractivity contribution in [1.29, 1.82) is 0 Å². The zero-order valence-electron chi connectivity index (χ0n) is 8.71. The van der Waals surface area contributed by atoms with E-state index in [9.17, 15) is 23.3 Å². The molecule has 0 saturated heterocycles. The summed E-state index contributed by atoms with van der Waals surface area (Å²) in [6, 6.07) is 2.66. The second-order valence-electron chi connectivity index (χ2n) is 3.72. The zero-order valence-corrected chi connectivity index (χ0v) is 8.71. The van der Waals surface area contributed by atoms with Gasteiger partial charge in [0.25, 0.3) is 5.69 Å². The van der Waals surface area contributed by atoms with Gasteiger partial charge in [0.05, 0.1) is 10.5 Å². The van der Waals surface area contributed by atoms with Crippen LogP contribution in [0.5, 0.6) is 0 Å². The van der Waals surface area contributed by atoms with E-state index in [0.29, 0.717) is 11.6 Å². The largest absolute Gasteiger partial charge is 0.416 e. The van der Waals surface area contributed by atoms with Crippen molar-refractivity contribution in [2.75, 3.05) is 0 Å². The van der Waals surface area contributed by atoms with Crippen molar-refractivity contribution in [2.45, 2.75) is 25.9 Å². The lowest BCUT2D eigenvalue weighted by Crippen LogP contribution is -2.07. The molecule has 0 saturated carbocycles. The Kier molecular flexibility index (Phi) is 3.21. The standard InChI is InChI=1S/C10H10F3NO2/c1-6(2)7-3-8(10(11,12)13)5-9(4-7)14(15)16/h3-6H,1-2H3. The van der Waals surface area contributed by atoms with Crippen LogP contribution in [0.4, 0.5) is 18.9 Å². The number of halogens is 3. The fourth-order valence-corrected chi connectivity index (χ4v) is 1.24. The molecule has 1 rings (SSSR count). The van der Waals surface area contributed by atoms with E-state index in [4.69, 9.17) is 0 Å². The highest BCUT2D eigenvalue weighted by atomic mass is 19.4. The van der Waals surface area contributed by atoms with Crippen molar-refractivity contribution in [1.82, 2.24) is 0 Å². The molecule has 0 radical (unpaired) electrons. The van der Waals surface area contributed by atoms with Gasteiger partial charge in [-0.05, 0) is 17.5 Å². The van der Waals surface area contributed by atoms with Gasteiger partial charge in [-0.25, -0.2) is 0 Å². The number of nitrogens with zero attached hydrogens (tertiary/aromatic N) is 1. The molecule has 0 bridgehead atoms. The maximum atomic E-state index is 12.5. The van der Waals surface area contributed by atoms with Gasteiger partial charge in [-0.3, -0.25) is 10.1 Å². The number of non-ortho nitro benzene ring substituents is 1. The van der Waals surface area contributed by atoms with Gasteiger partial charge in [-0.15, -0.1) is 0 Å². The molecule has 0 amide bonds. The van der Waals surface area contributed by atoms with Crippen LogP contribution >= 0.6 is 0 Å². The summed E-state index contributed by atoms with van der Waals surface area (Å²) in [7, 11) is 0. The molecule has 16 heavy (non-hydrogen) atoms. The highest BCUT2D eigenvalue weighted by Crippen LogP contribution is 2.34. The molecule has 0 heterocycles. The third-order valence-electron chi connectivity index (χ3n) is 2.14. The van der Waals surface area contributed by atoms with Crippen LogP contribution in [0.1, 0.15) is 30.9 Å². The van der Waals surface area contributed by atoms with E-state index in [1.54, 1.807) is 13.8 Å². The second kappa shape index (κ2) is 4.11. The Balaban J connectivity index is 3.36. The monoisotopic (exact) mass is 233 g/mol. The van der Waals surface area contributed by atoms with Crippen LogP contribution in [-0.2, 0) is 6.18 Å². The summed E-state index contributed by atoms with van der Waals surface area (Å²) in [5, 5.41) is 10.5. The fraction of sp³-hybridized carbons (Fsp3) is 0.400. The highest BCUT2D eigenvalue weighted by Gasteiger charge is 2.32. The van der Waals surface area contributed by atoms with E-state index >= 15 is 0 Å². The van der Waals surface area contributed by atoms with E-state index in [1.807, 2.05) is 0 Å². The molecule has 0 atom stereocenters. The molecule has 0 aliphatic carbocycles. The van der Waals surface area contributed by atoms with Crippen molar-refractivity contribution in [3.8, 4) is 0 Å². The van der Waals surface area contributed by atoms with E-state index in [1.165, 1.54) is 6.07 Å². The normalized spacial score (nSPS) is 11.9. The number of alkyl halides is 3. The predicted molar refractivity (Wildman–Crippen MR) is 52.2 cm³/mol. The van der Waals surface area contributed by atoms with Crippen LogP contribution in [0, 0.1) is 10.1 Å². The molecular weight excluding hydrogens is 223 g/mol. The van der Waals surface area contributed by atoms with Crippen molar-refractivity contribution in [3.63, 3.8) is 0 Å². The van der Waals surface area contributed by atoms with Crippen molar-refractivity contribution in [3.05, 3.63) is 39.4 Å². The van der Waals surface area contributed by atoms with Crippen LogP contribution < -0.4 is 0 Å². The summed E-state index contributed by atoms with van der Waals surface area (Å²) in [5.74, 6) is -0.194. The number of rotatable bonds is 2. The molecule has 6 heteroatoms. The molecule has 0 unspecified atom stereocenters. The summed E-state index contributed by atoms with van der Waals surface area (Å²) < 4.78 is 37.4. The molecular formula is C10H10F3NO2. The summed E-state index contributed by atoms with van der Waals surface area (Å²) in [6.07, 6.45) is -4.56. The third-order valence-corrected chi connectivity index (χ3v) is 2.14. The van der Waals surface area contributed by atoms with E-state index in [2.05, 4.69) is 0 Å². The Hall–Kier alpha value is -1.59. The molecule has 0 spiro atoms. The first-order chi connectivity index (χ1) is 7.21. The van der Waals surface area contributed by atoms with E-state index < -0.39 is 22.4 Å². The average molecular weight is 233 g/mol. The Morgan fingerprint density at radius 3 is 2.19 bits per heavy atom. The number of hydrogen-bond donors (Lipinski definition) is 0. The molecule has 0 aromatic heterocycles. The van der Waals surface area contributed by atoms with Crippen LogP contribution in [0.3, 0.4) is 0 Å². The Bertz CT molecular complexity index is 413. The zero-order chi connectivity index (χ0) is 12.5. The minimum Gasteiger partial charge on any atom is -0.258 e. The van der Waals surface area contributed by atoms with Gasteiger partial charge in [0, 0.05) is 12.1 Å². The Morgan fingerprint density at radius 1 is 1.25 bits per heavy atom. The molecule has 0 N–H and O–H groups in total. The van der Waals surface area contributed by atoms with E-state index in [0.717, 1.165) is 6.07 Å². The van der Waals surface area contributed by atoms with Gasteiger partial charge in [-0.2, -0.15) is 13.2 Å². The molecule has 1 aromatic rings. The Labute approximate surface area is 90.0 Å². The van der Waals surface area contributed by atoms with Gasteiger partial charge in [0.15, 0.2) is 0 Å². The number of hydrogen-bond acceptors (Lipinski definition) is 2. The predicted octanol–water partition coefficient (Wildman–Crippen LogP) is 3.74. The lowest BCUT2D eigenvalue weighted by atomic mass is 10.00. The first kappa shape index (κ1) is 12.5. The highest BCUT2D eigenvalue weighted by molar-refractivity contribution is 5.41. The van der Waals surface area contributed by atoms with Crippen molar-refractivity contribution < 1.29 is 18.1 Å². The van der Waals surface area contributed by atoms with Crippen molar-refractivity contribution in [2.24, 2.45) is 0 Å².